The fraction of sp³-hybridized carbons (Fsp3) is 0.133. The van der Waals surface area contributed by atoms with E-state index in [4.69, 9.17) is 0 Å². The maximum Gasteiger partial charge on any atom is 0.262 e. The largest absolute Gasteiger partial charge is 0.507 e. The number of fused-ring (bicyclic) bond motifs is 1. The Labute approximate surface area is 119 Å². The van der Waals surface area contributed by atoms with Gasteiger partial charge in [0, 0.05) is 16.7 Å². The molecule has 1 aliphatic rings. The highest BCUT2D eigenvalue weighted by atomic mass is 79.9. The normalized spacial score (nSPS) is 13.4. The summed E-state index contributed by atoms with van der Waals surface area (Å²) in [6.45, 7) is 0.660. The van der Waals surface area contributed by atoms with Crippen LogP contribution in [-0.2, 0) is 6.42 Å². The van der Waals surface area contributed by atoms with Gasteiger partial charge in [0.25, 0.3) is 5.91 Å². The Morgan fingerprint density at radius 3 is 2.79 bits per heavy atom. The number of carbonyl (C=O) groups is 1. The van der Waals surface area contributed by atoms with Gasteiger partial charge < -0.3 is 10.0 Å². The van der Waals surface area contributed by atoms with Crippen LogP contribution < -0.4 is 4.90 Å². The van der Waals surface area contributed by atoms with Crippen molar-refractivity contribution >= 4 is 27.5 Å². The second-order valence-electron chi connectivity index (χ2n) is 4.50. The molecule has 0 radical (unpaired) electrons. The summed E-state index contributed by atoms with van der Waals surface area (Å²) in [5.74, 6) is -0.154. The Morgan fingerprint density at radius 1 is 1.21 bits per heavy atom. The lowest BCUT2D eigenvalue weighted by Gasteiger charge is -2.18. The van der Waals surface area contributed by atoms with Crippen LogP contribution >= 0.6 is 15.9 Å². The van der Waals surface area contributed by atoms with Crippen LogP contribution in [-0.4, -0.2) is 17.6 Å². The van der Waals surface area contributed by atoms with Gasteiger partial charge in [0.15, 0.2) is 0 Å². The number of para-hydroxylation sites is 1. The second kappa shape index (κ2) is 4.70. The molecule has 4 heteroatoms. The minimum Gasteiger partial charge on any atom is -0.507 e. The number of hydrogen-bond acceptors (Lipinski definition) is 2. The van der Waals surface area contributed by atoms with Gasteiger partial charge in [-0.1, -0.05) is 34.1 Å². The van der Waals surface area contributed by atoms with Gasteiger partial charge in [-0.05, 0) is 36.2 Å². The highest BCUT2D eigenvalue weighted by molar-refractivity contribution is 9.10. The van der Waals surface area contributed by atoms with Crippen molar-refractivity contribution in [1.82, 2.24) is 0 Å². The van der Waals surface area contributed by atoms with E-state index in [0.717, 1.165) is 16.6 Å². The average molecular weight is 318 g/mol. The zero-order chi connectivity index (χ0) is 13.4. The number of phenolic OH excluding ortho intramolecular Hbond substituents is 1. The van der Waals surface area contributed by atoms with Crippen LogP contribution in [0.2, 0.25) is 0 Å². The van der Waals surface area contributed by atoms with E-state index in [1.165, 1.54) is 11.6 Å². The van der Waals surface area contributed by atoms with Crippen molar-refractivity contribution < 1.29 is 9.90 Å². The lowest BCUT2D eigenvalue weighted by Crippen LogP contribution is -2.28. The van der Waals surface area contributed by atoms with E-state index < -0.39 is 0 Å². The van der Waals surface area contributed by atoms with Gasteiger partial charge in [0.2, 0.25) is 0 Å². The second-order valence-corrected chi connectivity index (χ2v) is 5.41. The van der Waals surface area contributed by atoms with Crippen molar-refractivity contribution in [3.05, 3.63) is 58.1 Å². The number of benzene rings is 2. The first-order chi connectivity index (χ1) is 9.16. The van der Waals surface area contributed by atoms with Crippen LogP contribution in [0.25, 0.3) is 0 Å². The zero-order valence-corrected chi connectivity index (χ0v) is 11.7. The molecule has 3 rings (SSSR count). The van der Waals surface area contributed by atoms with Crippen LogP contribution in [0.5, 0.6) is 5.75 Å². The molecule has 2 aromatic rings. The summed E-state index contributed by atoms with van der Waals surface area (Å²) in [6, 6.07) is 12.8. The quantitative estimate of drug-likeness (QED) is 0.876. The van der Waals surface area contributed by atoms with E-state index in [9.17, 15) is 9.90 Å². The third-order valence-electron chi connectivity index (χ3n) is 3.32. The maximum absolute atomic E-state index is 12.5. The van der Waals surface area contributed by atoms with Crippen molar-refractivity contribution in [3.63, 3.8) is 0 Å². The molecule has 1 heterocycles. The predicted octanol–water partition coefficient (Wildman–Crippen LogP) is 3.36. The van der Waals surface area contributed by atoms with Gasteiger partial charge in [-0.15, -0.1) is 0 Å². The lowest BCUT2D eigenvalue weighted by atomic mass is 10.1. The highest BCUT2D eigenvalue weighted by Gasteiger charge is 2.26. The van der Waals surface area contributed by atoms with Gasteiger partial charge in [0.1, 0.15) is 5.75 Å². The number of amides is 1. The fourth-order valence-corrected chi connectivity index (χ4v) is 2.73. The Hall–Kier alpha value is -1.81. The van der Waals surface area contributed by atoms with Crippen molar-refractivity contribution in [3.8, 4) is 5.75 Å². The van der Waals surface area contributed by atoms with Gasteiger partial charge >= 0.3 is 0 Å². The number of carbonyl (C=O) groups excluding carboxylic acids is 1. The number of phenols is 1. The number of rotatable bonds is 1. The van der Waals surface area contributed by atoms with Crippen LogP contribution in [0.1, 0.15) is 15.9 Å². The van der Waals surface area contributed by atoms with Crippen LogP contribution in [0.15, 0.2) is 46.9 Å². The smallest absolute Gasteiger partial charge is 0.262 e. The molecule has 0 spiro atoms. The Morgan fingerprint density at radius 2 is 2.00 bits per heavy atom. The molecule has 0 fully saturated rings. The molecule has 0 atom stereocenters. The number of aromatic hydroxyl groups is 1. The summed E-state index contributed by atoms with van der Waals surface area (Å²) < 4.78 is 0.753. The molecular weight excluding hydrogens is 306 g/mol. The molecule has 1 N–H and O–H groups in total. The monoisotopic (exact) mass is 317 g/mol. The molecule has 19 heavy (non-hydrogen) atoms. The van der Waals surface area contributed by atoms with Crippen LogP contribution in [0, 0.1) is 0 Å². The summed E-state index contributed by atoms with van der Waals surface area (Å²) in [5.41, 5.74) is 2.45. The molecule has 0 unspecified atom stereocenters. The van der Waals surface area contributed by atoms with Crippen molar-refractivity contribution in [1.29, 1.82) is 0 Å². The fourth-order valence-electron chi connectivity index (χ4n) is 2.38. The zero-order valence-electron chi connectivity index (χ0n) is 10.1. The first kappa shape index (κ1) is 12.2. The van der Waals surface area contributed by atoms with E-state index in [-0.39, 0.29) is 11.7 Å². The van der Waals surface area contributed by atoms with E-state index >= 15 is 0 Å². The van der Waals surface area contributed by atoms with Gasteiger partial charge in [-0.25, -0.2) is 0 Å². The summed E-state index contributed by atoms with van der Waals surface area (Å²) in [4.78, 5) is 14.2. The SMILES string of the molecule is O=C(c1ccc(Br)cc1O)N1CCc2ccccc21. The van der Waals surface area contributed by atoms with Crippen molar-refractivity contribution in [2.45, 2.75) is 6.42 Å². The van der Waals surface area contributed by atoms with E-state index in [0.29, 0.717) is 12.1 Å². The maximum atomic E-state index is 12.5. The lowest BCUT2D eigenvalue weighted by molar-refractivity contribution is 0.0987. The molecule has 1 aliphatic heterocycles. The average Bonchev–Trinajstić information content (AvgIpc) is 2.82. The van der Waals surface area contributed by atoms with Gasteiger partial charge in [0.05, 0.1) is 5.56 Å². The molecular formula is C15H12BrNO2. The van der Waals surface area contributed by atoms with E-state index in [2.05, 4.69) is 15.9 Å². The standard InChI is InChI=1S/C15H12BrNO2/c16-11-5-6-12(14(18)9-11)15(19)17-8-7-10-3-1-2-4-13(10)17/h1-6,9,18H,7-8H2. The van der Waals surface area contributed by atoms with Crippen LogP contribution in [0.3, 0.4) is 0 Å². The molecule has 0 aliphatic carbocycles. The minimum atomic E-state index is -0.157. The number of nitrogens with zero attached hydrogens (tertiary/aromatic N) is 1. The molecule has 0 saturated heterocycles. The number of halogens is 1. The molecule has 96 valence electrons. The van der Waals surface area contributed by atoms with Crippen LogP contribution in [0.4, 0.5) is 5.69 Å². The van der Waals surface area contributed by atoms with E-state index in [1.807, 2.05) is 24.3 Å². The van der Waals surface area contributed by atoms with Gasteiger partial charge in [-0.2, -0.15) is 0 Å². The summed E-state index contributed by atoms with van der Waals surface area (Å²) in [7, 11) is 0. The third kappa shape index (κ3) is 2.12. The highest BCUT2D eigenvalue weighted by Crippen LogP contribution is 2.31. The Bertz CT molecular complexity index is 654. The molecule has 2 aromatic carbocycles. The number of anilines is 1. The Balaban J connectivity index is 1.98. The minimum absolute atomic E-state index is 0.00348. The summed E-state index contributed by atoms with van der Waals surface area (Å²) in [5, 5.41) is 9.89. The Kier molecular flexibility index (Phi) is 3.03. The van der Waals surface area contributed by atoms with Crippen molar-refractivity contribution in [2.75, 3.05) is 11.4 Å². The molecule has 0 bridgehead atoms. The van der Waals surface area contributed by atoms with Crippen molar-refractivity contribution in [2.24, 2.45) is 0 Å². The summed E-state index contributed by atoms with van der Waals surface area (Å²) >= 11 is 3.27. The molecule has 3 nitrogen and oxygen atoms in total. The van der Waals surface area contributed by atoms with E-state index in [1.54, 1.807) is 17.0 Å². The molecule has 1 amide bonds. The first-order valence-electron chi connectivity index (χ1n) is 6.05. The first-order valence-corrected chi connectivity index (χ1v) is 6.84. The third-order valence-corrected chi connectivity index (χ3v) is 3.82. The molecule has 0 saturated carbocycles. The topological polar surface area (TPSA) is 40.5 Å². The number of hydrogen-bond donors (Lipinski definition) is 1. The predicted molar refractivity (Wildman–Crippen MR) is 77.6 cm³/mol. The van der Waals surface area contributed by atoms with Gasteiger partial charge in [-0.3, -0.25) is 4.79 Å². The molecule has 0 aromatic heterocycles. The summed E-state index contributed by atoms with van der Waals surface area (Å²) in [6.07, 6.45) is 0.860.